The molecule has 1 aliphatic rings. The topological polar surface area (TPSA) is 46.9 Å². The van der Waals surface area contributed by atoms with Gasteiger partial charge in [0.15, 0.2) is 0 Å². The number of nitrogens with one attached hydrogen (secondary N) is 1. The number of aromatic nitrogens is 2. The van der Waals surface area contributed by atoms with Crippen LogP contribution in [0.3, 0.4) is 0 Å². The lowest BCUT2D eigenvalue weighted by atomic mass is 9.84. The second-order valence-corrected chi connectivity index (χ2v) is 7.00. The van der Waals surface area contributed by atoms with Gasteiger partial charge in [-0.2, -0.15) is 16.9 Å². The molecule has 1 aromatic rings. The molecule has 0 saturated heterocycles. The number of rotatable bonds is 7. The van der Waals surface area contributed by atoms with Crippen molar-refractivity contribution in [3.05, 3.63) is 21.6 Å². The summed E-state index contributed by atoms with van der Waals surface area (Å²) in [6, 6.07) is 0. The Morgan fingerprint density at radius 1 is 1.55 bits per heavy atom. The van der Waals surface area contributed by atoms with Gasteiger partial charge in [0, 0.05) is 17.8 Å². The Hall–Kier alpha value is -0.680. The van der Waals surface area contributed by atoms with E-state index in [1.807, 2.05) is 11.8 Å². The van der Waals surface area contributed by atoms with E-state index in [0.717, 1.165) is 19.4 Å². The van der Waals surface area contributed by atoms with Crippen LogP contribution in [0.15, 0.2) is 11.0 Å². The van der Waals surface area contributed by atoms with Gasteiger partial charge < -0.3 is 5.32 Å². The molecular formula is C14H22ClN3OS. The highest BCUT2D eigenvalue weighted by Gasteiger charge is 2.35. The molecule has 6 heteroatoms. The third-order valence-corrected chi connectivity index (χ3v) is 5.79. The predicted molar refractivity (Wildman–Crippen MR) is 87.0 cm³/mol. The van der Waals surface area contributed by atoms with Crippen molar-refractivity contribution in [3.63, 3.8) is 0 Å². The number of anilines is 1. The Balaban J connectivity index is 2.05. The molecule has 4 nitrogen and oxygen atoms in total. The number of halogens is 1. The van der Waals surface area contributed by atoms with Gasteiger partial charge in [0.05, 0.1) is 11.9 Å². The summed E-state index contributed by atoms with van der Waals surface area (Å²) in [6.07, 6.45) is 9.51. The van der Waals surface area contributed by atoms with E-state index in [-0.39, 0.29) is 10.6 Å². The molecular weight excluding hydrogens is 294 g/mol. The summed E-state index contributed by atoms with van der Waals surface area (Å²) in [5.41, 5.74) is 0.460. The SMILES string of the molecule is CCCCn1ncc(NCC2(SC)CCC2)c(Cl)c1=O. The number of thioether (sulfide) groups is 1. The van der Waals surface area contributed by atoms with Crippen LogP contribution in [0.1, 0.15) is 39.0 Å². The lowest BCUT2D eigenvalue weighted by molar-refractivity contribution is 0.380. The van der Waals surface area contributed by atoms with Crippen LogP contribution >= 0.6 is 23.4 Å². The summed E-state index contributed by atoms with van der Waals surface area (Å²) in [7, 11) is 0. The smallest absolute Gasteiger partial charge is 0.287 e. The second-order valence-electron chi connectivity index (χ2n) is 5.35. The zero-order chi connectivity index (χ0) is 14.6. The van der Waals surface area contributed by atoms with Crippen LogP contribution in [0.4, 0.5) is 5.69 Å². The Morgan fingerprint density at radius 3 is 2.85 bits per heavy atom. The van der Waals surface area contributed by atoms with Crippen molar-refractivity contribution in [2.24, 2.45) is 0 Å². The summed E-state index contributed by atoms with van der Waals surface area (Å²) < 4.78 is 1.76. The maximum Gasteiger partial charge on any atom is 0.287 e. The third-order valence-electron chi connectivity index (χ3n) is 4.01. The lowest BCUT2D eigenvalue weighted by Crippen LogP contribution is -2.40. The van der Waals surface area contributed by atoms with Crippen molar-refractivity contribution < 1.29 is 0 Å². The fraction of sp³-hybridized carbons (Fsp3) is 0.714. The van der Waals surface area contributed by atoms with E-state index in [2.05, 4.69) is 23.6 Å². The molecule has 0 aliphatic heterocycles. The molecule has 1 N–H and O–H groups in total. The summed E-state index contributed by atoms with van der Waals surface area (Å²) in [6.45, 7) is 3.56. The van der Waals surface area contributed by atoms with Crippen molar-refractivity contribution >= 4 is 29.1 Å². The maximum atomic E-state index is 12.1. The Morgan fingerprint density at radius 2 is 2.30 bits per heavy atom. The van der Waals surface area contributed by atoms with Gasteiger partial charge >= 0.3 is 0 Å². The minimum atomic E-state index is -0.197. The second kappa shape index (κ2) is 6.85. The number of nitrogens with zero attached hydrogens (tertiary/aromatic N) is 2. The number of unbranched alkanes of at least 4 members (excludes halogenated alkanes) is 1. The van der Waals surface area contributed by atoms with Gasteiger partial charge in [-0.05, 0) is 25.5 Å². The molecule has 1 fully saturated rings. The summed E-state index contributed by atoms with van der Waals surface area (Å²) >= 11 is 8.06. The Labute approximate surface area is 129 Å². The average Bonchev–Trinajstić information content (AvgIpc) is 2.41. The van der Waals surface area contributed by atoms with E-state index in [9.17, 15) is 4.79 Å². The van der Waals surface area contributed by atoms with Crippen molar-refractivity contribution in [2.75, 3.05) is 18.1 Å². The van der Waals surface area contributed by atoms with E-state index >= 15 is 0 Å². The fourth-order valence-corrected chi connectivity index (χ4v) is 3.46. The lowest BCUT2D eigenvalue weighted by Gasteiger charge is -2.40. The van der Waals surface area contributed by atoms with Crippen molar-refractivity contribution in [1.29, 1.82) is 0 Å². The monoisotopic (exact) mass is 315 g/mol. The zero-order valence-corrected chi connectivity index (χ0v) is 13.7. The summed E-state index contributed by atoms with van der Waals surface area (Å²) in [5.74, 6) is 0. The highest BCUT2D eigenvalue weighted by atomic mass is 35.5. The van der Waals surface area contributed by atoms with Gasteiger partial charge in [-0.25, -0.2) is 4.68 Å². The first-order valence-corrected chi connectivity index (χ1v) is 8.77. The van der Waals surface area contributed by atoms with Crippen LogP contribution in [-0.4, -0.2) is 27.3 Å². The van der Waals surface area contributed by atoms with E-state index in [4.69, 9.17) is 11.6 Å². The fourth-order valence-electron chi connectivity index (χ4n) is 2.34. The highest BCUT2D eigenvalue weighted by Crippen LogP contribution is 2.42. The predicted octanol–water partition coefficient (Wildman–Crippen LogP) is 3.39. The van der Waals surface area contributed by atoms with Gasteiger partial charge in [0.1, 0.15) is 5.02 Å². The third kappa shape index (κ3) is 3.31. The zero-order valence-electron chi connectivity index (χ0n) is 12.1. The molecule has 1 aliphatic carbocycles. The molecule has 1 saturated carbocycles. The first kappa shape index (κ1) is 15.7. The van der Waals surface area contributed by atoms with Crippen molar-refractivity contribution in [3.8, 4) is 0 Å². The molecule has 112 valence electrons. The summed E-state index contributed by atoms with van der Waals surface area (Å²) in [5, 5.41) is 7.76. The van der Waals surface area contributed by atoms with E-state index in [1.54, 1.807) is 6.20 Å². The van der Waals surface area contributed by atoms with E-state index in [1.165, 1.54) is 23.9 Å². The Bertz CT molecular complexity index is 508. The van der Waals surface area contributed by atoms with Crippen LogP contribution in [-0.2, 0) is 6.54 Å². The van der Waals surface area contributed by atoms with Gasteiger partial charge in [-0.15, -0.1) is 0 Å². The molecule has 0 unspecified atom stereocenters. The largest absolute Gasteiger partial charge is 0.381 e. The van der Waals surface area contributed by atoms with Crippen molar-refractivity contribution in [2.45, 2.75) is 50.3 Å². The van der Waals surface area contributed by atoms with E-state index < -0.39 is 0 Å². The van der Waals surface area contributed by atoms with Crippen LogP contribution in [0, 0.1) is 0 Å². The molecule has 0 spiro atoms. The van der Waals surface area contributed by atoms with Gasteiger partial charge in [0.2, 0.25) is 0 Å². The first-order valence-electron chi connectivity index (χ1n) is 7.16. The number of hydrogen-bond acceptors (Lipinski definition) is 4. The first-order chi connectivity index (χ1) is 9.62. The summed E-state index contributed by atoms with van der Waals surface area (Å²) in [4.78, 5) is 12.1. The van der Waals surface area contributed by atoms with Gasteiger partial charge in [-0.1, -0.05) is 31.4 Å². The minimum absolute atomic E-state index is 0.197. The van der Waals surface area contributed by atoms with Crippen LogP contribution in [0.5, 0.6) is 0 Å². The molecule has 20 heavy (non-hydrogen) atoms. The van der Waals surface area contributed by atoms with Crippen LogP contribution < -0.4 is 10.9 Å². The number of aryl methyl sites for hydroxylation is 1. The quantitative estimate of drug-likeness (QED) is 0.837. The normalized spacial score (nSPS) is 16.8. The molecule has 0 aromatic carbocycles. The van der Waals surface area contributed by atoms with Crippen LogP contribution in [0.2, 0.25) is 5.02 Å². The van der Waals surface area contributed by atoms with Crippen molar-refractivity contribution in [1.82, 2.24) is 9.78 Å². The molecule has 2 rings (SSSR count). The molecule has 0 amide bonds. The highest BCUT2D eigenvalue weighted by molar-refractivity contribution is 8.00. The standard InChI is InChI=1S/C14H22ClN3OS/c1-3-4-8-18-13(19)12(15)11(9-17-18)16-10-14(20-2)6-5-7-14/h9,16H,3-8,10H2,1-2H3. The minimum Gasteiger partial charge on any atom is -0.381 e. The maximum absolute atomic E-state index is 12.1. The molecule has 0 bridgehead atoms. The van der Waals surface area contributed by atoms with Gasteiger partial charge in [0.25, 0.3) is 5.56 Å². The van der Waals surface area contributed by atoms with Crippen LogP contribution in [0.25, 0.3) is 0 Å². The Kier molecular flexibility index (Phi) is 5.38. The van der Waals surface area contributed by atoms with Gasteiger partial charge in [-0.3, -0.25) is 4.79 Å². The average molecular weight is 316 g/mol. The molecule has 0 atom stereocenters. The molecule has 1 aromatic heterocycles. The van der Waals surface area contributed by atoms with E-state index in [0.29, 0.717) is 17.0 Å². The molecule has 1 heterocycles. The number of hydrogen-bond donors (Lipinski definition) is 1. The molecule has 0 radical (unpaired) electrons.